The van der Waals surface area contributed by atoms with Gasteiger partial charge in [-0.15, -0.1) is 11.3 Å². The molecule has 2 aromatic carbocycles. The van der Waals surface area contributed by atoms with Crippen LogP contribution < -0.4 is 4.74 Å². The Morgan fingerprint density at radius 3 is 2.64 bits per heavy atom. The van der Waals surface area contributed by atoms with Crippen LogP contribution in [0.4, 0.5) is 0 Å². The number of hydrogen-bond donors (Lipinski definition) is 0. The average Bonchev–Trinajstić information content (AvgIpc) is 3.17. The number of hydrogen-bond acceptors (Lipinski definition) is 4. The maximum Gasteiger partial charge on any atom is 0.122 e. The van der Waals surface area contributed by atoms with Gasteiger partial charge in [0.15, 0.2) is 0 Å². The lowest BCUT2D eigenvalue weighted by Crippen LogP contribution is -2.12. The maximum atomic E-state index is 6.29. The van der Waals surface area contributed by atoms with E-state index in [1.807, 2.05) is 6.07 Å². The van der Waals surface area contributed by atoms with Gasteiger partial charge in [0.2, 0.25) is 0 Å². The summed E-state index contributed by atoms with van der Waals surface area (Å²) in [6, 6.07) is 16.9. The number of thiazole rings is 1. The molecular weight excluding hydrogens is 366 g/mol. The van der Waals surface area contributed by atoms with E-state index < -0.39 is 0 Å². The van der Waals surface area contributed by atoms with E-state index in [-0.39, 0.29) is 12.2 Å². The number of benzene rings is 2. The third kappa shape index (κ3) is 3.98. The zero-order chi connectivity index (χ0) is 19.5. The second-order valence-corrected chi connectivity index (χ2v) is 8.54. The molecule has 28 heavy (non-hydrogen) atoms. The molecule has 0 spiro atoms. The van der Waals surface area contributed by atoms with Gasteiger partial charge in [-0.05, 0) is 51.2 Å². The molecule has 0 N–H and O–H groups in total. The van der Waals surface area contributed by atoms with Crippen molar-refractivity contribution in [2.45, 2.75) is 51.7 Å². The molecule has 4 heteroatoms. The van der Waals surface area contributed by atoms with E-state index >= 15 is 0 Å². The minimum atomic E-state index is 0.00966. The number of fused-ring (bicyclic) bond motifs is 3. The first kappa shape index (κ1) is 19.2. The first-order valence-electron chi connectivity index (χ1n) is 10.0. The van der Waals surface area contributed by atoms with E-state index in [2.05, 4.69) is 56.3 Å². The minimum absolute atomic E-state index is 0.00966. The van der Waals surface area contributed by atoms with Gasteiger partial charge >= 0.3 is 0 Å². The molecule has 1 aliphatic carbocycles. The normalized spacial score (nSPS) is 14.8. The van der Waals surface area contributed by atoms with Crippen LogP contribution >= 0.6 is 11.3 Å². The average molecular weight is 394 g/mol. The molecule has 2 atom stereocenters. The van der Waals surface area contributed by atoms with Crippen molar-refractivity contribution in [2.75, 3.05) is 7.11 Å². The van der Waals surface area contributed by atoms with Gasteiger partial charge in [0, 0.05) is 16.0 Å². The molecular formula is C24H27NO2S. The Balaban J connectivity index is 1.45. The van der Waals surface area contributed by atoms with Gasteiger partial charge in [-0.1, -0.05) is 42.5 Å². The predicted molar refractivity (Wildman–Crippen MR) is 115 cm³/mol. The van der Waals surface area contributed by atoms with E-state index in [9.17, 15) is 0 Å². The summed E-state index contributed by atoms with van der Waals surface area (Å²) in [5, 5.41) is 1.08. The number of rotatable bonds is 7. The number of nitrogens with zero attached hydrogens (tertiary/aromatic N) is 1. The van der Waals surface area contributed by atoms with E-state index in [4.69, 9.17) is 14.5 Å². The molecule has 1 aliphatic rings. The molecule has 4 rings (SSSR count). The van der Waals surface area contributed by atoms with E-state index in [1.165, 1.54) is 21.6 Å². The Bertz CT molecular complexity index is 935. The van der Waals surface area contributed by atoms with Crippen molar-refractivity contribution in [1.29, 1.82) is 0 Å². The summed E-state index contributed by atoms with van der Waals surface area (Å²) < 4.78 is 11.8. The Labute approximate surface area is 171 Å². The lowest BCUT2D eigenvalue weighted by Gasteiger charge is -2.18. The van der Waals surface area contributed by atoms with Crippen LogP contribution in [0, 0.1) is 0 Å². The lowest BCUT2D eigenvalue weighted by atomic mass is 9.93. The second-order valence-electron chi connectivity index (χ2n) is 7.42. The standard InChI is InChI=1S/C24H27NO2S/c1-16(12-13-18-8-5-4-6-9-18)27-17(2)24-25-23-20-10-7-11-21(26-3)19(20)14-15-22(23)28-24/h4-11,16-17H,12-15H2,1-3H3. The molecule has 0 amide bonds. The number of methoxy groups -OCH3 is 1. The molecule has 0 fully saturated rings. The van der Waals surface area contributed by atoms with Crippen LogP contribution in [0.25, 0.3) is 11.3 Å². The zero-order valence-corrected chi connectivity index (χ0v) is 17.6. The highest BCUT2D eigenvalue weighted by Crippen LogP contribution is 2.41. The second kappa shape index (κ2) is 8.46. The quantitative estimate of drug-likeness (QED) is 0.492. The molecule has 1 heterocycles. The van der Waals surface area contributed by atoms with Gasteiger partial charge in [-0.25, -0.2) is 4.98 Å². The van der Waals surface area contributed by atoms with Crippen molar-refractivity contribution < 1.29 is 9.47 Å². The first-order chi connectivity index (χ1) is 13.7. The smallest absolute Gasteiger partial charge is 0.122 e. The highest BCUT2D eigenvalue weighted by molar-refractivity contribution is 7.12. The van der Waals surface area contributed by atoms with Gasteiger partial charge < -0.3 is 9.47 Å². The van der Waals surface area contributed by atoms with Gasteiger partial charge in [-0.3, -0.25) is 0 Å². The summed E-state index contributed by atoms with van der Waals surface area (Å²) in [4.78, 5) is 6.34. The molecule has 0 saturated heterocycles. The largest absolute Gasteiger partial charge is 0.496 e. The summed E-state index contributed by atoms with van der Waals surface area (Å²) in [5.41, 5.74) is 4.97. The summed E-state index contributed by atoms with van der Waals surface area (Å²) in [6.07, 6.45) is 4.29. The highest BCUT2D eigenvalue weighted by atomic mass is 32.1. The summed E-state index contributed by atoms with van der Waals surface area (Å²) in [6.45, 7) is 4.28. The SMILES string of the molecule is COc1cccc2c1CCc1sc(C(C)OC(C)CCc3ccccc3)nc1-2. The Hall–Kier alpha value is -2.17. The van der Waals surface area contributed by atoms with Crippen LogP contribution in [0.1, 0.15) is 47.4 Å². The van der Waals surface area contributed by atoms with Crippen LogP contribution in [0.2, 0.25) is 0 Å². The molecule has 0 saturated carbocycles. The Morgan fingerprint density at radius 2 is 1.86 bits per heavy atom. The van der Waals surface area contributed by atoms with E-state index in [0.29, 0.717) is 0 Å². The Kier molecular flexibility index (Phi) is 5.79. The molecule has 0 bridgehead atoms. The fraction of sp³-hybridized carbons (Fsp3) is 0.375. The predicted octanol–water partition coefficient (Wildman–Crippen LogP) is 6.02. The minimum Gasteiger partial charge on any atom is -0.496 e. The summed E-state index contributed by atoms with van der Waals surface area (Å²) >= 11 is 1.80. The molecule has 3 nitrogen and oxygen atoms in total. The van der Waals surface area contributed by atoms with Gasteiger partial charge in [0.1, 0.15) is 16.9 Å². The van der Waals surface area contributed by atoms with Crippen molar-refractivity contribution in [1.82, 2.24) is 4.98 Å². The number of aryl methyl sites for hydroxylation is 2. The maximum absolute atomic E-state index is 6.29. The van der Waals surface area contributed by atoms with Crippen molar-refractivity contribution in [3.8, 4) is 17.0 Å². The summed E-state index contributed by atoms with van der Waals surface area (Å²) in [5.74, 6) is 0.969. The molecule has 2 unspecified atom stereocenters. The monoisotopic (exact) mass is 393 g/mol. The van der Waals surface area contributed by atoms with Gasteiger partial charge in [0.25, 0.3) is 0 Å². The highest BCUT2D eigenvalue weighted by Gasteiger charge is 2.25. The van der Waals surface area contributed by atoms with Crippen molar-refractivity contribution in [3.63, 3.8) is 0 Å². The third-order valence-electron chi connectivity index (χ3n) is 5.39. The van der Waals surface area contributed by atoms with Crippen LogP contribution in [0.3, 0.4) is 0 Å². The molecule has 0 aliphatic heterocycles. The molecule has 146 valence electrons. The van der Waals surface area contributed by atoms with Crippen LogP contribution in [-0.2, 0) is 24.0 Å². The fourth-order valence-corrected chi connectivity index (χ4v) is 4.96. The van der Waals surface area contributed by atoms with Crippen molar-refractivity contribution in [3.05, 3.63) is 69.5 Å². The molecule has 3 aromatic rings. The van der Waals surface area contributed by atoms with Crippen LogP contribution in [0.15, 0.2) is 48.5 Å². The fourth-order valence-electron chi connectivity index (χ4n) is 3.89. The van der Waals surface area contributed by atoms with Crippen LogP contribution in [-0.4, -0.2) is 18.2 Å². The van der Waals surface area contributed by atoms with Gasteiger partial charge in [0.05, 0.1) is 18.9 Å². The number of ether oxygens (including phenoxy) is 2. The van der Waals surface area contributed by atoms with Crippen LogP contribution in [0.5, 0.6) is 5.75 Å². The zero-order valence-electron chi connectivity index (χ0n) is 16.8. The van der Waals surface area contributed by atoms with E-state index in [1.54, 1.807) is 18.4 Å². The topological polar surface area (TPSA) is 31.4 Å². The third-order valence-corrected chi connectivity index (χ3v) is 6.67. The van der Waals surface area contributed by atoms with Gasteiger partial charge in [-0.2, -0.15) is 0 Å². The van der Waals surface area contributed by atoms with Crippen molar-refractivity contribution in [2.24, 2.45) is 0 Å². The van der Waals surface area contributed by atoms with Crippen molar-refractivity contribution >= 4 is 11.3 Å². The first-order valence-corrected chi connectivity index (χ1v) is 10.8. The molecule has 1 aromatic heterocycles. The summed E-state index contributed by atoms with van der Waals surface area (Å²) in [7, 11) is 1.74. The Morgan fingerprint density at radius 1 is 1.04 bits per heavy atom. The van der Waals surface area contributed by atoms with E-state index in [0.717, 1.165) is 42.1 Å². The molecule has 0 radical (unpaired) electrons. The lowest BCUT2D eigenvalue weighted by molar-refractivity contribution is 0.00302. The number of aromatic nitrogens is 1.